The maximum Gasteiger partial charge on any atom is 0.123 e. The second-order valence-electron chi connectivity index (χ2n) is 4.82. The summed E-state index contributed by atoms with van der Waals surface area (Å²) < 4.78 is 18.9. The monoisotopic (exact) mass is 345 g/mol. The third-order valence-electron chi connectivity index (χ3n) is 3.28. The molecule has 1 aliphatic rings. The van der Waals surface area contributed by atoms with Gasteiger partial charge in [0.1, 0.15) is 17.7 Å². The molecule has 2 nitrogen and oxygen atoms in total. The Hall–Kier alpha value is -1.16. The van der Waals surface area contributed by atoms with Crippen LogP contribution in [0.2, 0.25) is 15.1 Å². The van der Waals surface area contributed by atoms with E-state index in [4.69, 9.17) is 39.5 Å². The maximum atomic E-state index is 13.2. The average Bonchev–Trinajstić information content (AvgIpc) is 2.79. The highest BCUT2D eigenvalue weighted by atomic mass is 35.5. The Kier molecular flexibility index (Phi) is 4.16. The van der Waals surface area contributed by atoms with Crippen molar-refractivity contribution in [3.63, 3.8) is 0 Å². The second kappa shape index (κ2) is 5.91. The van der Waals surface area contributed by atoms with Gasteiger partial charge >= 0.3 is 0 Å². The molecule has 0 spiro atoms. The van der Waals surface area contributed by atoms with Crippen molar-refractivity contribution >= 4 is 40.5 Å². The fraction of sp³-hybridized carbons (Fsp3) is 0.200. The Balaban J connectivity index is 1.68. The second-order valence-corrected chi connectivity index (χ2v) is 6.07. The lowest BCUT2D eigenvalue weighted by molar-refractivity contribution is 0.246. The summed E-state index contributed by atoms with van der Waals surface area (Å²) in [5.74, 6) is 0.464. The summed E-state index contributed by atoms with van der Waals surface area (Å²) in [4.78, 5) is 0. The molecule has 1 aliphatic heterocycles. The number of halogens is 4. The van der Waals surface area contributed by atoms with Gasteiger partial charge in [-0.3, -0.25) is 0 Å². The molecule has 0 aliphatic carbocycles. The summed E-state index contributed by atoms with van der Waals surface area (Å²) in [6.45, 7) is 0.511. The van der Waals surface area contributed by atoms with E-state index in [9.17, 15) is 4.39 Å². The summed E-state index contributed by atoms with van der Waals surface area (Å²) in [6.07, 6.45) is 0.549. The molecule has 1 heterocycles. The van der Waals surface area contributed by atoms with Crippen molar-refractivity contribution in [1.29, 1.82) is 0 Å². The Labute approximate surface area is 136 Å². The van der Waals surface area contributed by atoms with E-state index < -0.39 is 0 Å². The molecule has 0 radical (unpaired) electrons. The van der Waals surface area contributed by atoms with E-state index in [0.29, 0.717) is 33.7 Å². The van der Waals surface area contributed by atoms with E-state index in [1.165, 1.54) is 12.1 Å². The summed E-state index contributed by atoms with van der Waals surface area (Å²) in [5.41, 5.74) is 1.49. The third kappa shape index (κ3) is 3.20. The minimum atomic E-state index is -0.255. The molecular formula is C15H11Cl3FNO. The molecule has 1 N–H and O–H groups in total. The molecule has 21 heavy (non-hydrogen) atoms. The minimum Gasteiger partial charge on any atom is -0.488 e. The van der Waals surface area contributed by atoms with Crippen molar-refractivity contribution in [2.75, 3.05) is 11.9 Å². The molecule has 0 saturated carbocycles. The SMILES string of the molecule is Fc1ccc2c(c1)CC(CNc1c(Cl)cc(Cl)cc1Cl)O2. The van der Waals surface area contributed by atoms with Gasteiger partial charge in [0.15, 0.2) is 0 Å². The van der Waals surface area contributed by atoms with E-state index in [2.05, 4.69) is 5.32 Å². The van der Waals surface area contributed by atoms with Crippen molar-refractivity contribution in [2.45, 2.75) is 12.5 Å². The molecule has 0 fully saturated rings. The van der Waals surface area contributed by atoms with E-state index in [-0.39, 0.29) is 11.9 Å². The molecule has 0 bridgehead atoms. The number of fused-ring (bicyclic) bond motifs is 1. The van der Waals surface area contributed by atoms with Gasteiger partial charge < -0.3 is 10.1 Å². The molecular weight excluding hydrogens is 336 g/mol. The van der Waals surface area contributed by atoms with E-state index >= 15 is 0 Å². The van der Waals surface area contributed by atoms with Gasteiger partial charge in [-0.2, -0.15) is 0 Å². The smallest absolute Gasteiger partial charge is 0.123 e. The van der Waals surface area contributed by atoms with Crippen LogP contribution >= 0.6 is 34.8 Å². The number of benzene rings is 2. The van der Waals surface area contributed by atoms with E-state index in [0.717, 1.165) is 11.3 Å². The first-order valence-electron chi connectivity index (χ1n) is 6.36. The van der Waals surface area contributed by atoms with Crippen molar-refractivity contribution < 1.29 is 9.13 Å². The molecule has 2 aromatic rings. The molecule has 0 amide bonds. The number of anilines is 1. The molecule has 110 valence electrons. The number of hydrogen-bond donors (Lipinski definition) is 1. The molecule has 3 rings (SSSR count). The molecule has 2 aromatic carbocycles. The van der Waals surface area contributed by atoms with Gasteiger partial charge in [-0.1, -0.05) is 34.8 Å². The van der Waals surface area contributed by atoms with Crippen LogP contribution < -0.4 is 10.1 Å². The van der Waals surface area contributed by atoms with Crippen LogP contribution in [0.1, 0.15) is 5.56 Å². The van der Waals surface area contributed by atoms with Crippen LogP contribution in [-0.4, -0.2) is 12.6 Å². The molecule has 6 heteroatoms. The summed E-state index contributed by atoms with van der Waals surface area (Å²) in [6, 6.07) is 7.78. The molecule has 1 atom stereocenters. The molecule has 1 unspecified atom stereocenters. The first kappa shape index (κ1) is 14.8. The summed E-state index contributed by atoms with van der Waals surface area (Å²) in [5, 5.41) is 4.55. The highest BCUT2D eigenvalue weighted by Crippen LogP contribution is 2.34. The van der Waals surface area contributed by atoms with Gasteiger partial charge in [0.25, 0.3) is 0 Å². The Bertz CT molecular complexity index is 670. The Morgan fingerprint density at radius 3 is 2.57 bits per heavy atom. The van der Waals surface area contributed by atoms with Crippen molar-refractivity contribution in [3.8, 4) is 5.75 Å². The van der Waals surface area contributed by atoms with Crippen molar-refractivity contribution in [2.24, 2.45) is 0 Å². The quantitative estimate of drug-likeness (QED) is 0.824. The topological polar surface area (TPSA) is 21.3 Å². The first-order chi connectivity index (χ1) is 10.0. The highest BCUT2D eigenvalue weighted by Gasteiger charge is 2.23. The van der Waals surface area contributed by atoms with Crippen molar-refractivity contribution in [1.82, 2.24) is 0 Å². The number of ether oxygens (including phenoxy) is 1. The summed E-state index contributed by atoms with van der Waals surface area (Å²) in [7, 11) is 0. The lowest BCUT2D eigenvalue weighted by Crippen LogP contribution is -2.24. The number of hydrogen-bond acceptors (Lipinski definition) is 2. The van der Waals surface area contributed by atoms with Gasteiger partial charge in [-0.15, -0.1) is 0 Å². The largest absolute Gasteiger partial charge is 0.488 e. The molecule has 0 saturated heterocycles. The maximum absolute atomic E-state index is 13.2. The summed E-state index contributed by atoms with van der Waals surface area (Å²) >= 11 is 18.1. The predicted molar refractivity (Wildman–Crippen MR) is 84.5 cm³/mol. The Morgan fingerprint density at radius 1 is 1.14 bits per heavy atom. The predicted octanol–water partition coefficient (Wildman–Crippen LogP) is 5.20. The van der Waals surface area contributed by atoms with Crippen molar-refractivity contribution in [3.05, 3.63) is 56.8 Å². The van der Waals surface area contributed by atoms with Gasteiger partial charge in [0.05, 0.1) is 22.3 Å². The van der Waals surface area contributed by atoms with Crippen LogP contribution in [0.25, 0.3) is 0 Å². The van der Waals surface area contributed by atoms with Gasteiger partial charge in [0.2, 0.25) is 0 Å². The van der Waals surface area contributed by atoms with Crippen LogP contribution in [0.15, 0.2) is 30.3 Å². The zero-order valence-electron chi connectivity index (χ0n) is 10.8. The van der Waals surface area contributed by atoms with Crippen LogP contribution in [0.5, 0.6) is 5.75 Å². The Morgan fingerprint density at radius 2 is 1.86 bits per heavy atom. The van der Waals surface area contributed by atoms with Crippen LogP contribution in [0.3, 0.4) is 0 Å². The normalized spacial score (nSPS) is 16.5. The van der Waals surface area contributed by atoms with Gasteiger partial charge in [0, 0.05) is 17.0 Å². The lowest BCUT2D eigenvalue weighted by Gasteiger charge is -2.15. The fourth-order valence-corrected chi connectivity index (χ4v) is 3.28. The minimum absolute atomic E-state index is 0.0930. The lowest BCUT2D eigenvalue weighted by atomic mass is 10.1. The van der Waals surface area contributed by atoms with Crippen LogP contribution in [0.4, 0.5) is 10.1 Å². The van der Waals surface area contributed by atoms with Crippen LogP contribution in [-0.2, 0) is 6.42 Å². The molecule has 0 aromatic heterocycles. The zero-order valence-corrected chi connectivity index (χ0v) is 13.1. The van der Waals surface area contributed by atoms with E-state index in [1.54, 1.807) is 18.2 Å². The average molecular weight is 347 g/mol. The highest BCUT2D eigenvalue weighted by molar-refractivity contribution is 6.41. The van der Waals surface area contributed by atoms with Gasteiger partial charge in [-0.25, -0.2) is 4.39 Å². The first-order valence-corrected chi connectivity index (χ1v) is 7.50. The standard InChI is InChI=1S/C15H11Cl3FNO/c16-9-5-12(17)15(13(18)6-9)20-7-11-4-8-3-10(19)1-2-14(8)21-11/h1-3,5-6,11,20H,4,7H2. The number of rotatable bonds is 3. The van der Waals surface area contributed by atoms with Gasteiger partial charge in [-0.05, 0) is 30.3 Å². The van der Waals surface area contributed by atoms with Crippen LogP contribution in [0, 0.1) is 5.82 Å². The number of nitrogens with one attached hydrogen (secondary N) is 1. The fourth-order valence-electron chi connectivity index (χ4n) is 2.33. The van der Waals surface area contributed by atoms with E-state index in [1.807, 2.05) is 0 Å². The zero-order chi connectivity index (χ0) is 15.0. The third-order valence-corrected chi connectivity index (χ3v) is 4.09.